The van der Waals surface area contributed by atoms with Crippen molar-refractivity contribution >= 4 is 27.5 Å². The zero-order chi connectivity index (χ0) is 26.1. The van der Waals surface area contributed by atoms with Crippen LogP contribution in [0, 0.1) is 0 Å². The molecule has 0 unspecified atom stereocenters. The molecule has 4 rings (SSSR count). The maximum absolute atomic E-state index is 13.0. The number of amides is 2. The van der Waals surface area contributed by atoms with Gasteiger partial charge in [0.05, 0.1) is 17.1 Å². The quantitative estimate of drug-likeness (QED) is 0.443. The zero-order valence-corrected chi connectivity index (χ0v) is 21.4. The second-order valence-electron chi connectivity index (χ2n) is 8.87. The van der Waals surface area contributed by atoms with Crippen molar-refractivity contribution in [2.75, 3.05) is 24.4 Å². The van der Waals surface area contributed by atoms with Crippen LogP contribution in [-0.4, -0.2) is 44.8 Å². The van der Waals surface area contributed by atoms with E-state index in [9.17, 15) is 18.0 Å². The molecule has 3 aromatic rings. The number of sulfonamides is 1. The highest BCUT2D eigenvalue weighted by molar-refractivity contribution is 7.92. The summed E-state index contributed by atoms with van der Waals surface area (Å²) in [6.45, 7) is 1.35. The molecule has 0 aromatic heterocycles. The Balaban J connectivity index is 1.37. The number of carbonyl (C=O) groups excluding carboxylic acids is 2. The van der Waals surface area contributed by atoms with Gasteiger partial charge in [0.2, 0.25) is 5.91 Å². The molecule has 1 saturated heterocycles. The molecular weight excluding hydrogens is 490 g/mol. The van der Waals surface area contributed by atoms with Crippen LogP contribution in [0.4, 0.5) is 5.69 Å². The summed E-state index contributed by atoms with van der Waals surface area (Å²) in [5.74, 6) is 0.404. The minimum atomic E-state index is -3.94. The molecule has 9 heteroatoms. The topological polar surface area (TPSA) is 105 Å². The summed E-state index contributed by atoms with van der Waals surface area (Å²) in [5.41, 5.74) is 0.558. The van der Waals surface area contributed by atoms with Crippen LogP contribution in [0.1, 0.15) is 42.5 Å². The van der Waals surface area contributed by atoms with Crippen molar-refractivity contribution in [2.45, 2.75) is 37.0 Å². The van der Waals surface area contributed by atoms with Gasteiger partial charge in [0.25, 0.3) is 15.9 Å². The maximum atomic E-state index is 13.0. The summed E-state index contributed by atoms with van der Waals surface area (Å²) < 4.78 is 34.4. The first-order valence-electron chi connectivity index (χ1n) is 12.4. The fourth-order valence-corrected chi connectivity index (χ4v) is 5.18. The van der Waals surface area contributed by atoms with Crippen LogP contribution in [0.15, 0.2) is 83.8 Å². The van der Waals surface area contributed by atoms with Crippen LogP contribution in [0.2, 0.25) is 0 Å². The van der Waals surface area contributed by atoms with E-state index in [2.05, 4.69) is 10.0 Å². The standard InChI is InChI=1S/C28H31N3O5S/c32-27(31-19-9-2-1-3-10-20-31)21-29-28(33)22-15-17-24(18-16-22)37(34,35)30-25-13-7-8-14-26(25)36-23-11-5-4-6-12-23/h4-8,11-18,30H,1-3,9-10,19-21H2,(H,29,33). The van der Waals surface area contributed by atoms with Gasteiger partial charge in [-0.1, -0.05) is 49.6 Å². The highest BCUT2D eigenvalue weighted by Crippen LogP contribution is 2.30. The molecule has 3 aromatic carbocycles. The van der Waals surface area contributed by atoms with Gasteiger partial charge in [-0.15, -0.1) is 0 Å². The number of rotatable bonds is 8. The molecule has 1 heterocycles. The van der Waals surface area contributed by atoms with Crippen molar-refractivity contribution < 1.29 is 22.7 Å². The third-order valence-electron chi connectivity index (χ3n) is 6.14. The first-order chi connectivity index (χ1) is 17.9. The largest absolute Gasteiger partial charge is 0.455 e. The van der Waals surface area contributed by atoms with Crippen LogP contribution in [0.3, 0.4) is 0 Å². The van der Waals surface area contributed by atoms with Crippen LogP contribution >= 0.6 is 0 Å². The second kappa shape index (κ2) is 12.4. The minimum Gasteiger partial charge on any atom is -0.455 e. The van der Waals surface area contributed by atoms with Crippen molar-refractivity contribution in [3.05, 3.63) is 84.4 Å². The summed E-state index contributed by atoms with van der Waals surface area (Å²) in [7, 11) is -3.94. The third kappa shape index (κ3) is 7.33. The summed E-state index contributed by atoms with van der Waals surface area (Å²) in [6, 6.07) is 21.4. The Hall–Kier alpha value is -3.85. The van der Waals surface area contributed by atoms with E-state index in [1.807, 2.05) is 18.2 Å². The number of carbonyl (C=O) groups is 2. The lowest BCUT2D eigenvalue weighted by Crippen LogP contribution is -2.41. The van der Waals surface area contributed by atoms with Crippen LogP contribution in [0.25, 0.3) is 0 Å². The number of likely N-dealkylation sites (tertiary alicyclic amines) is 1. The molecule has 194 valence electrons. The highest BCUT2D eigenvalue weighted by atomic mass is 32.2. The summed E-state index contributed by atoms with van der Waals surface area (Å²) >= 11 is 0. The van der Waals surface area contributed by atoms with Gasteiger partial charge in [0, 0.05) is 18.7 Å². The molecule has 2 amide bonds. The molecule has 0 bridgehead atoms. The molecule has 0 aliphatic carbocycles. The Morgan fingerprint density at radius 2 is 1.41 bits per heavy atom. The van der Waals surface area contributed by atoms with Crippen molar-refractivity contribution in [3.63, 3.8) is 0 Å². The van der Waals surface area contributed by atoms with E-state index in [1.54, 1.807) is 41.3 Å². The first kappa shape index (κ1) is 26.2. The monoisotopic (exact) mass is 521 g/mol. The Bertz CT molecular complexity index is 1300. The summed E-state index contributed by atoms with van der Waals surface area (Å²) in [4.78, 5) is 26.9. The van der Waals surface area contributed by atoms with E-state index in [-0.39, 0.29) is 28.6 Å². The molecule has 1 fully saturated rings. The molecule has 2 N–H and O–H groups in total. The number of nitrogens with zero attached hydrogens (tertiary/aromatic N) is 1. The van der Waals surface area contributed by atoms with Gasteiger partial charge in [-0.25, -0.2) is 8.42 Å². The van der Waals surface area contributed by atoms with Gasteiger partial charge in [-0.05, 0) is 61.4 Å². The Labute approximate surface area is 217 Å². The van der Waals surface area contributed by atoms with Crippen LogP contribution < -0.4 is 14.8 Å². The lowest BCUT2D eigenvalue weighted by Gasteiger charge is -2.24. The van der Waals surface area contributed by atoms with Crippen molar-refractivity contribution in [1.82, 2.24) is 10.2 Å². The maximum Gasteiger partial charge on any atom is 0.262 e. The minimum absolute atomic E-state index is 0.00438. The molecule has 0 saturated carbocycles. The van der Waals surface area contributed by atoms with E-state index < -0.39 is 15.9 Å². The number of ether oxygens (including phenoxy) is 1. The molecule has 1 aliphatic rings. The lowest BCUT2D eigenvalue weighted by atomic mass is 10.1. The number of benzene rings is 3. The normalized spacial score (nSPS) is 14.2. The van der Waals surface area contributed by atoms with E-state index in [0.717, 1.165) is 25.7 Å². The van der Waals surface area contributed by atoms with Gasteiger partial charge >= 0.3 is 0 Å². The van der Waals surface area contributed by atoms with Gasteiger partial charge in [0.1, 0.15) is 5.75 Å². The summed E-state index contributed by atoms with van der Waals surface area (Å²) in [6.07, 6.45) is 5.39. The van der Waals surface area contributed by atoms with Crippen LogP contribution in [0.5, 0.6) is 11.5 Å². The number of hydrogen-bond acceptors (Lipinski definition) is 5. The Kier molecular flexibility index (Phi) is 8.79. The molecule has 37 heavy (non-hydrogen) atoms. The van der Waals surface area contributed by atoms with Crippen molar-refractivity contribution in [1.29, 1.82) is 0 Å². The number of hydrogen-bond donors (Lipinski definition) is 2. The van der Waals surface area contributed by atoms with Crippen molar-refractivity contribution in [2.24, 2.45) is 0 Å². The zero-order valence-electron chi connectivity index (χ0n) is 20.6. The number of para-hydroxylation sites is 3. The molecular formula is C28H31N3O5S. The van der Waals surface area contributed by atoms with E-state index in [1.165, 1.54) is 30.7 Å². The van der Waals surface area contributed by atoms with Gasteiger partial charge in [0.15, 0.2) is 5.75 Å². The number of nitrogens with one attached hydrogen (secondary N) is 2. The average Bonchev–Trinajstić information content (AvgIpc) is 2.88. The van der Waals surface area contributed by atoms with Gasteiger partial charge < -0.3 is 15.0 Å². The van der Waals surface area contributed by atoms with Crippen LogP contribution in [-0.2, 0) is 14.8 Å². The predicted octanol–water partition coefficient (Wildman–Crippen LogP) is 4.80. The third-order valence-corrected chi connectivity index (χ3v) is 7.52. The number of anilines is 1. The molecule has 0 spiro atoms. The lowest BCUT2D eigenvalue weighted by molar-refractivity contribution is -0.130. The predicted molar refractivity (Wildman–Crippen MR) is 142 cm³/mol. The van der Waals surface area contributed by atoms with E-state index >= 15 is 0 Å². The van der Waals surface area contributed by atoms with E-state index in [0.29, 0.717) is 24.6 Å². The molecule has 8 nitrogen and oxygen atoms in total. The Morgan fingerprint density at radius 3 is 2.11 bits per heavy atom. The smallest absolute Gasteiger partial charge is 0.262 e. The molecule has 1 aliphatic heterocycles. The molecule has 0 radical (unpaired) electrons. The average molecular weight is 522 g/mol. The fourth-order valence-electron chi connectivity index (χ4n) is 4.11. The molecule has 0 atom stereocenters. The summed E-state index contributed by atoms with van der Waals surface area (Å²) in [5, 5.41) is 2.65. The Morgan fingerprint density at radius 1 is 0.784 bits per heavy atom. The van der Waals surface area contributed by atoms with Gasteiger partial charge in [-0.2, -0.15) is 0 Å². The first-order valence-corrected chi connectivity index (χ1v) is 13.9. The SMILES string of the molecule is O=C(NCC(=O)N1CCCCCCC1)c1ccc(S(=O)(=O)Nc2ccccc2Oc2ccccc2)cc1. The van der Waals surface area contributed by atoms with Gasteiger partial charge in [-0.3, -0.25) is 14.3 Å². The fraction of sp³-hybridized carbons (Fsp3) is 0.286. The highest BCUT2D eigenvalue weighted by Gasteiger charge is 2.19. The van der Waals surface area contributed by atoms with Crippen molar-refractivity contribution in [3.8, 4) is 11.5 Å². The second-order valence-corrected chi connectivity index (χ2v) is 10.6. The van der Waals surface area contributed by atoms with E-state index in [4.69, 9.17) is 4.74 Å².